The molecule has 356 valence electrons. The summed E-state index contributed by atoms with van der Waals surface area (Å²) in [6.07, 6.45) is 1.66. The van der Waals surface area contributed by atoms with Gasteiger partial charge in [-0.15, -0.1) is 0 Å². The topological polar surface area (TPSA) is 335 Å². The lowest BCUT2D eigenvalue weighted by atomic mass is 10.0. The Labute approximate surface area is 383 Å². The number of fused-ring (bicyclic) bond motifs is 2. The van der Waals surface area contributed by atoms with Gasteiger partial charge in [0.15, 0.2) is 23.6 Å². The maximum atomic E-state index is 13.0. The minimum absolute atomic E-state index is 0.00103. The number of rotatable bonds is 25. The first kappa shape index (κ1) is 48.9. The molecule has 2 aliphatic rings. The number of benzene rings is 2. The standard InChI is InChI=1S/C43H52N12O12/c1-54(22-26-21-48-38-36(49-26)37(44)52-43(45)53-38)27-7-5-25(6-8-27)39(59)50-30(42(62)63)9-11-33(56)46-13-15-64-17-19-66-20-18-65-16-14-47-35(58)24-67-32-4-2-3-28-29(32)23-55(41(28)61)31-10-12-34(57)51-40(31)60/h2-8,21,30-31H,9-20,22-24H2,1H3,(H,46,56)(H,47,58)(H,50,59)(H,62,63)(H,51,57,60)(H4,44,45,48,52,53)/t30-,31?/m0/s1. The number of nitrogens with zero attached hydrogens (tertiary/aromatic N) is 6. The second-order valence-corrected chi connectivity index (χ2v) is 15.3. The number of carbonyl (C=O) groups excluding carboxylic acids is 6. The summed E-state index contributed by atoms with van der Waals surface area (Å²) in [4.78, 5) is 106. The quantitative estimate of drug-likeness (QED) is 0.0319. The van der Waals surface area contributed by atoms with E-state index < -0.39 is 41.7 Å². The van der Waals surface area contributed by atoms with Crippen LogP contribution in [0, 0.1) is 0 Å². The van der Waals surface area contributed by atoms with Gasteiger partial charge >= 0.3 is 5.97 Å². The molecule has 6 rings (SSSR count). The molecule has 4 heterocycles. The SMILES string of the molecule is CN(Cc1cnc2nc(N)nc(N)c2n1)c1ccc(C(=O)N[C@@H](CCC(=O)NCCOCCOCCOCCNC(=O)COc2cccc3c2CN(C2CCC(=O)NC2=O)C3=O)C(=O)O)cc1. The number of amides is 6. The van der Waals surface area contributed by atoms with Gasteiger partial charge in [-0.2, -0.15) is 9.97 Å². The maximum Gasteiger partial charge on any atom is 0.326 e. The van der Waals surface area contributed by atoms with Crippen molar-refractivity contribution < 1.29 is 57.6 Å². The summed E-state index contributed by atoms with van der Waals surface area (Å²) in [7, 11) is 1.82. The van der Waals surface area contributed by atoms with Crippen molar-refractivity contribution in [3.63, 3.8) is 0 Å². The zero-order chi connectivity index (χ0) is 47.9. The minimum atomic E-state index is -1.30. The molecule has 0 aliphatic carbocycles. The van der Waals surface area contributed by atoms with E-state index in [2.05, 4.69) is 41.2 Å². The van der Waals surface area contributed by atoms with Crippen molar-refractivity contribution in [1.82, 2.24) is 46.1 Å². The number of carboxylic acid groups (broad SMARTS) is 1. The van der Waals surface area contributed by atoms with Crippen LogP contribution in [0.5, 0.6) is 5.75 Å². The molecule has 0 radical (unpaired) electrons. The molecule has 24 nitrogen and oxygen atoms in total. The van der Waals surface area contributed by atoms with Crippen molar-refractivity contribution >= 4 is 70.0 Å². The number of nitrogens with two attached hydrogens (primary N) is 2. The number of aliphatic carboxylic acids is 1. The molecule has 0 spiro atoms. The van der Waals surface area contributed by atoms with Gasteiger partial charge < -0.3 is 61.3 Å². The van der Waals surface area contributed by atoms with Crippen LogP contribution in [0.3, 0.4) is 0 Å². The number of hydrogen-bond donors (Lipinski definition) is 7. The Morgan fingerprint density at radius 2 is 1.60 bits per heavy atom. The van der Waals surface area contributed by atoms with E-state index in [0.717, 1.165) is 5.69 Å². The van der Waals surface area contributed by atoms with Gasteiger partial charge in [-0.3, -0.25) is 34.1 Å². The predicted molar refractivity (Wildman–Crippen MR) is 237 cm³/mol. The number of ether oxygens (including phenoxy) is 4. The average Bonchev–Trinajstić information content (AvgIpc) is 3.64. The van der Waals surface area contributed by atoms with Crippen molar-refractivity contribution in [1.29, 1.82) is 0 Å². The van der Waals surface area contributed by atoms with E-state index in [4.69, 9.17) is 30.4 Å². The van der Waals surface area contributed by atoms with Crippen LogP contribution in [0.1, 0.15) is 57.7 Å². The minimum Gasteiger partial charge on any atom is -0.483 e. The number of hydrogen-bond acceptors (Lipinski definition) is 18. The van der Waals surface area contributed by atoms with Crippen LogP contribution in [-0.4, -0.2) is 150 Å². The summed E-state index contributed by atoms with van der Waals surface area (Å²) in [5.41, 5.74) is 14.7. The maximum absolute atomic E-state index is 13.0. The first-order valence-electron chi connectivity index (χ1n) is 21.3. The number of piperidine rings is 1. The Morgan fingerprint density at radius 3 is 2.28 bits per heavy atom. The zero-order valence-electron chi connectivity index (χ0n) is 36.7. The van der Waals surface area contributed by atoms with Gasteiger partial charge in [0.1, 0.15) is 17.8 Å². The van der Waals surface area contributed by atoms with Gasteiger partial charge in [-0.1, -0.05) is 6.07 Å². The van der Waals surface area contributed by atoms with E-state index >= 15 is 0 Å². The fourth-order valence-corrected chi connectivity index (χ4v) is 7.08. The third-order valence-corrected chi connectivity index (χ3v) is 10.5. The normalized spacial score (nSPS) is 14.9. The smallest absolute Gasteiger partial charge is 0.326 e. The van der Waals surface area contributed by atoms with Crippen LogP contribution in [0.2, 0.25) is 0 Å². The van der Waals surface area contributed by atoms with Crippen LogP contribution in [0.4, 0.5) is 17.5 Å². The average molecular weight is 929 g/mol. The highest BCUT2D eigenvalue weighted by Crippen LogP contribution is 2.33. The van der Waals surface area contributed by atoms with E-state index in [9.17, 15) is 38.7 Å². The van der Waals surface area contributed by atoms with E-state index in [1.54, 1.807) is 48.7 Å². The van der Waals surface area contributed by atoms with E-state index in [1.165, 1.54) is 4.90 Å². The fourth-order valence-electron chi connectivity index (χ4n) is 7.08. The highest BCUT2D eigenvalue weighted by atomic mass is 16.5. The van der Waals surface area contributed by atoms with Crippen LogP contribution < -0.4 is 42.4 Å². The first-order chi connectivity index (χ1) is 32.3. The summed E-state index contributed by atoms with van der Waals surface area (Å²) >= 11 is 0. The fraction of sp³-hybridized carbons (Fsp3) is 0.419. The number of imide groups is 1. The van der Waals surface area contributed by atoms with Gasteiger partial charge in [0, 0.05) is 55.4 Å². The van der Waals surface area contributed by atoms with Gasteiger partial charge in [0.25, 0.3) is 17.7 Å². The van der Waals surface area contributed by atoms with Gasteiger partial charge in [-0.25, -0.2) is 14.8 Å². The molecule has 2 aromatic carbocycles. The third kappa shape index (κ3) is 13.7. The molecular formula is C43H52N12O12. The molecule has 1 saturated heterocycles. The molecule has 67 heavy (non-hydrogen) atoms. The Bertz CT molecular complexity index is 2460. The Kier molecular flexibility index (Phi) is 17.2. The molecule has 6 amide bonds. The van der Waals surface area contributed by atoms with Crippen LogP contribution >= 0.6 is 0 Å². The van der Waals surface area contributed by atoms with E-state index in [1.807, 2.05) is 11.9 Å². The van der Waals surface area contributed by atoms with Gasteiger partial charge in [0.2, 0.25) is 23.7 Å². The summed E-state index contributed by atoms with van der Waals surface area (Å²) in [6.45, 7) is 2.08. The molecule has 24 heteroatoms. The summed E-state index contributed by atoms with van der Waals surface area (Å²) in [5, 5.41) is 19.8. The molecule has 9 N–H and O–H groups in total. The van der Waals surface area contributed by atoms with Crippen molar-refractivity contribution in [2.75, 3.05) is 82.8 Å². The zero-order valence-corrected chi connectivity index (χ0v) is 36.7. The third-order valence-electron chi connectivity index (χ3n) is 10.5. The Balaban J connectivity index is 0.763. The Hall–Kier alpha value is -7.57. The highest BCUT2D eigenvalue weighted by Gasteiger charge is 2.40. The molecule has 2 atom stereocenters. The summed E-state index contributed by atoms with van der Waals surface area (Å²) in [5.74, 6) is -3.42. The van der Waals surface area contributed by atoms with Gasteiger partial charge in [-0.05, 0) is 49.2 Å². The lowest BCUT2D eigenvalue weighted by Crippen LogP contribution is -2.52. The lowest BCUT2D eigenvalue weighted by Gasteiger charge is -2.29. The van der Waals surface area contributed by atoms with Crippen LogP contribution in [0.25, 0.3) is 11.2 Å². The molecule has 4 aromatic rings. The molecule has 0 bridgehead atoms. The van der Waals surface area contributed by atoms with Crippen molar-refractivity contribution in [3.8, 4) is 5.75 Å². The number of carboxylic acids is 1. The summed E-state index contributed by atoms with van der Waals surface area (Å²) < 4.78 is 22.1. The van der Waals surface area contributed by atoms with Crippen molar-refractivity contribution in [3.05, 3.63) is 71.0 Å². The van der Waals surface area contributed by atoms with Gasteiger partial charge in [0.05, 0.1) is 64.6 Å². The number of nitrogens with one attached hydrogen (secondary N) is 4. The number of anilines is 3. The molecule has 2 aromatic heterocycles. The monoisotopic (exact) mass is 928 g/mol. The second kappa shape index (κ2) is 23.6. The molecule has 2 aliphatic heterocycles. The molecular weight excluding hydrogens is 877 g/mol. The highest BCUT2D eigenvalue weighted by molar-refractivity contribution is 6.05. The summed E-state index contributed by atoms with van der Waals surface area (Å²) in [6, 6.07) is 9.39. The number of nitrogen functional groups attached to an aromatic ring is 2. The van der Waals surface area contributed by atoms with Crippen molar-refractivity contribution in [2.24, 2.45) is 0 Å². The predicted octanol–water partition coefficient (Wildman–Crippen LogP) is -0.694. The van der Waals surface area contributed by atoms with E-state index in [-0.39, 0.29) is 126 Å². The second-order valence-electron chi connectivity index (χ2n) is 15.3. The molecule has 1 unspecified atom stereocenters. The molecule has 1 fully saturated rings. The number of carbonyl (C=O) groups is 7. The molecule has 0 saturated carbocycles. The first-order valence-corrected chi connectivity index (χ1v) is 21.3. The number of aromatic nitrogens is 4. The lowest BCUT2D eigenvalue weighted by molar-refractivity contribution is -0.140. The Morgan fingerprint density at radius 1 is 0.910 bits per heavy atom. The van der Waals surface area contributed by atoms with E-state index in [0.29, 0.717) is 34.6 Å². The van der Waals surface area contributed by atoms with Crippen molar-refractivity contribution in [2.45, 2.75) is 50.9 Å². The van der Waals surface area contributed by atoms with Crippen LogP contribution in [0.15, 0.2) is 48.7 Å². The van der Waals surface area contributed by atoms with Crippen LogP contribution in [-0.2, 0) is 51.3 Å². The largest absolute Gasteiger partial charge is 0.483 e.